The monoisotopic (exact) mass is 308 g/mol. The Hall–Kier alpha value is -1.30. The van der Waals surface area contributed by atoms with Crippen molar-refractivity contribution in [2.24, 2.45) is 17.8 Å². The van der Waals surface area contributed by atoms with Crippen LogP contribution in [0.3, 0.4) is 0 Å². The molecule has 0 aromatic heterocycles. The van der Waals surface area contributed by atoms with E-state index in [1.165, 1.54) is 56.9 Å². The molecule has 0 heteroatoms. The number of benzene rings is 1. The van der Waals surface area contributed by atoms with E-state index < -0.39 is 0 Å². The molecule has 0 N–H and O–H groups in total. The van der Waals surface area contributed by atoms with Crippen molar-refractivity contribution < 1.29 is 0 Å². The van der Waals surface area contributed by atoms with Crippen molar-refractivity contribution in [3.8, 4) is 0 Å². The predicted molar refractivity (Wildman–Crippen MR) is 101 cm³/mol. The van der Waals surface area contributed by atoms with Crippen LogP contribution >= 0.6 is 0 Å². The summed E-state index contributed by atoms with van der Waals surface area (Å²) in [4.78, 5) is 0. The first kappa shape index (κ1) is 16.6. The Morgan fingerprint density at radius 1 is 0.739 bits per heavy atom. The van der Waals surface area contributed by atoms with Gasteiger partial charge in [0.2, 0.25) is 0 Å². The van der Waals surface area contributed by atoms with Crippen LogP contribution in [0.15, 0.2) is 49.1 Å². The molecule has 124 valence electrons. The third kappa shape index (κ3) is 4.59. The summed E-state index contributed by atoms with van der Waals surface area (Å²) >= 11 is 0. The van der Waals surface area contributed by atoms with Gasteiger partial charge in [0.15, 0.2) is 0 Å². The van der Waals surface area contributed by atoms with Crippen molar-refractivity contribution in [2.75, 3.05) is 0 Å². The molecule has 2 aliphatic carbocycles. The lowest BCUT2D eigenvalue weighted by molar-refractivity contribution is 0.349. The fourth-order valence-electron chi connectivity index (χ4n) is 4.37. The summed E-state index contributed by atoms with van der Waals surface area (Å²) < 4.78 is 0. The minimum atomic E-state index is 0.782. The molecular formula is C23H32. The molecule has 2 saturated carbocycles. The van der Waals surface area contributed by atoms with Crippen molar-refractivity contribution in [1.82, 2.24) is 0 Å². The summed E-state index contributed by atoms with van der Waals surface area (Å²) in [6.07, 6.45) is 18.2. The fraction of sp³-hybridized carbons (Fsp3) is 0.565. The molecular weight excluding hydrogens is 276 g/mol. The van der Waals surface area contributed by atoms with Gasteiger partial charge in [-0.05, 0) is 87.5 Å². The molecule has 0 heterocycles. The van der Waals surface area contributed by atoms with Crippen LogP contribution in [0.2, 0.25) is 0 Å². The number of allylic oxidation sites excluding steroid dienone is 3. The van der Waals surface area contributed by atoms with Crippen molar-refractivity contribution >= 4 is 0 Å². The third-order valence-electron chi connectivity index (χ3n) is 6.13. The maximum Gasteiger partial charge on any atom is -0.0162 e. The summed E-state index contributed by atoms with van der Waals surface area (Å²) in [5.41, 5.74) is 2.93. The molecule has 0 atom stereocenters. The van der Waals surface area contributed by atoms with Gasteiger partial charge in [-0.1, -0.05) is 48.1 Å². The highest BCUT2D eigenvalue weighted by molar-refractivity contribution is 5.25. The van der Waals surface area contributed by atoms with Gasteiger partial charge in [0, 0.05) is 0 Å². The Kier molecular flexibility index (Phi) is 5.75. The van der Waals surface area contributed by atoms with Gasteiger partial charge in [-0.3, -0.25) is 0 Å². The lowest BCUT2D eigenvalue weighted by Gasteiger charge is -2.28. The molecule has 0 spiro atoms. The lowest BCUT2D eigenvalue weighted by Crippen LogP contribution is -2.13. The molecule has 0 bridgehead atoms. The van der Waals surface area contributed by atoms with Crippen LogP contribution < -0.4 is 0 Å². The number of rotatable bonds is 4. The van der Waals surface area contributed by atoms with Gasteiger partial charge in [0.1, 0.15) is 0 Å². The van der Waals surface area contributed by atoms with Crippen LogP contribution in [0.4, 0.5) is 0 Å². The molecule has 0 aliphatic heterocycles. The van der Waals surface area contributed by atoms with Crippen molar-refractivity contribution in [3.05, 3.63) is 60.2 Å². The minimum absolute atomic E-state index is 0.782. The van der Waals surface area contributed by atoms with Crippen LogP contribution in [-0.4, -0.2) is 0 Å². The van der Waals surface area contributed by atoms with Gasteiger partial charge in [-0.25, -0.2) is 0 Å². The Bertz CT molecular complexity index is 505. The average Bonchev–Trinajstić information content (AvgIpc) is 2.61. The highest BCUT2D eigenvalue weighted by atomic mass is 14.3. The SMILES string of the molecule is C=CC1CCC(/C=C/C2CCC(c3ccc(C)cc3)CC2)CC1. The molecule has 0 nitrogen and oxygen atoms in total. The summed E-state index contributed by atoms with van der Waals surface area (Å²) in [7, 11) is 0. The second-order valence-electron chi connectivity index (χ2n) is 7.82. The minimum Gasteiger partial charge on any atom is -0.103 e. The molecule has 1 aromatic carbocycles. The van der Waals surface area contributed by atoms with Gasteiger partial charge in [-0.2, -0.15) is 0 Å². The molecule has 0 unspecified atom stereocenters. The van der Waals surface area contributed by atoms with Crippen LogP contribution in [0.25, 0.3) is 0 Å². The van der Waals surface area contributed by atoms with Gasteiger partial charge in [-0.15, -0.1) is 6.58 Å². The van der Waals surface area contributed by atoms with E-state index >= 15 is 0 Å². The largest absolute Gasteiger partial charge is 0.103 e. The van der Waals surface area contributed by atoms with Crippen LogP contribution in [0.5, 0.6) is 0 Å². The van der Waals surface area contributed by atoms with Gasteiger partial charge in [0.25, 0.3) is 0 Å². The summed E-state index contributed by atoms with van der Waals surface area (Å²) in [5, 5.41) is 0. The van der Waals surface area contributed by atoms with E-state index in [0.29, 0.717) is 0 Å². The van der Waals surface area contributed by atoms with Crippen molar-refractivity contribution in [3.63, 3.8) is 0 Å². The van der Waals surface area contributed by atoms with Crippen LogP contribution in [0, 0.1) is 24.7 Å². The number of aryl methyl sites for hydroxylation is 1. The van der Waals surface area contributed by atoms with Gasteiger partial charge < -0.3 is 0 Å². The fourth-order valence-corrected chi connectivity index (χ4v) is 4.37. The highest BCUT2D eigenvalue weighted by Gasteiger charge is 2.22. The zero-order chi connectivity index (χ0) is 16.1. The van der Waals surface area contributed by atoms with E-state index in [1.54, 1.807) is 5.56 Å². The Morgan fingerprint density at radius 3 is 1.74 bits per heavy atom. The van der Waals surface area contributed by atoms with Crippen molar-refractivity contribution in [2.45, 2.75) is 64.2 Å². The van der Waals surface area contributed by atoms with Gasteiger partial charge in [0.05, 0.1) is 0 Å². The standard InChI is InChI=1S/C23H32/c1-3-19-6-8-20(9-7-19)10-11-21-12-16-23(17-13-21)22-14-4-18(2)5-15-22/h3-5,10-11,14-15,19-21,23H,1,6-9,12-13,16-17H2,2H3/b11-10+. The molecule has 0 saturated heterocycles. The lowest BCUT2D eigenvalue weighted by atomic mass is 9.77. The van der Waals surface area contributed by atoms with E-state index in [4.69, 9.17) is 0 Å². The van der Waals surface area contributed by atoms with E-state index in [9.17, 15) is 0 Å². The zero-order valence-corrected chi connectivity index (χ0v) is 14.7. The second kappa shape index (κ2) is 7.99. The van der Waals surface area contributed by atoms with E-state index in [2.05, 4.69) is 56.0 Å². The van der Waals surface area contributed by atoms with Crippen molar-refractivity contribution in [1.29, 1.82) is 0 Å². The first-order chi connectivity index (χ1) is 11.2. The second-order valence-corrected chi connectivity index (χ2v) is 7.82. The zero-order valence-electron chi connectivity index (χ0n) is 14.7. The molecule has 2 aliphatic rings. The topological polar surface area (TPSA) is 0 Å². The molecule has 0 radical (unpaired) electrons. The molecule has 2 fully saturated rings. The molecule has 3 rings (SSSR count). The predicted octanol–water partition coefficient (Wildman–Crippen LogP) is 6.82. The number of hydrogen-bond donors (Lipinski definition) is 0. The first-order valence-corrected chi connectivity index (χ1v) is 9.62. The Labute approximate surface area is 142 Å². The maximum atomic E-state index is 3.95. The quantitative estimate of drug-likeness (QED) is 0.535. The van der Waals surface area contributed by atoms with E-state index in [-0.39, 0.29) is 0 Å². The molecule has 1 aromatic rings. The van der Waals surface area contributed by atoms with E-state index in [1.807, 2.05) is 0 Å². The first-order valence-electron chi connectivity index (χ1n) is 9.62. The summed E-state index contributed by atoms with van der Waals surface area (Å²) in [5.74, 6) is 3.24. The van der Waals surface area contributed by atoms with Crippen LogP contribution in [-0.2, 0) is 0 Å². The summed E-state index contributed by atoms with van der Waals surface area (Å²) in [6, 6.07) is 9.21. The average molecular weight is 309 g/mol. The highest BCUT2D eigenvalue weighted by Crippen LogP contribution is 2.37. The molecule has 0 amide bonds. The maximum absolute atomic E-state index is 3.95. The Balaban J connectivity index is 1.45. The smallest absolute Gasteiger partial charge is 0.0162 e. The normalized spacial score (nSPS) is 32.0. The van der Waals surface area contributed by atoms with Gasteiger partial charge >= 0.3 is 0 Å². The summed E-state index contributed by atoms with van der Waals surface area (Å²) in [6.45, 7) is 6.12. The third-order valence-corrected chi connectivity index (χ3v) is 6.13. The van der Waals surface area contributed by atoms with E-state index in [0.717, 1.165) is 23.7 Å². The Morgan fingerprint density at radius 2 is 1.22 bits per heavy atom. The molecule has 23 heavy (non-hydrogen) atoms. The van der Waals surface area contributed by atoms with Crippen LogP contribution in [0.1, 0.15) is 68.4 Å². The number of hydrogen-bond acceptors (Lipinski definition) is 0.